The number of carbonyl (C=O) groups is 4. The average Bonchev–Trinajstić information content (AvgIpc) is 3.01. The first kappa shape index (κ1) is 26.6. The van der Waals surface area contributed by atoms with Gasteiger partial charge < -0.3 is 19.0 Å². The SMILES string of the molecule is COC(=O)C12C(OC)=C(C)C(=O)C1(C)C(C)=CC1C3(C=O)CCC(OC(C)=O)C(C)(C)C3CCC12C. The number of hydrogen-bond acceptors (Lipinski definition) is 7. The first-order chi connectivity index (χ1) is 16.7. The number of aldehydes is 1. The Morgan fingerprint density at radius 1 is 1.06 bits per heavy atom. The first-order valence-electron chi connectivity index (χ1n) is 12.9. The van der Waals surface area contributed by atoms with Crippen molar-refractivity contribution in [3.63, 3.8) is 0 Å². The van der Waals surface area contributed by atoms with Crippen molar-refractivity contribution in [1.82, 2.24) is 0 Å². The van der Waals surface area contributed by atoms with Crippen LogP contribution in [0.1, 0.15) is 74.1 Å². The quantitative estimate of drug-likeness (QED) is 0.317. The van der Waals surface area contributed by atoms with E-state index in [2.05, 4.69) is 19.9 Å². The van der Waals surface area contributed by atoms with E-state index in [0.717, 1.165) is 11.9 Å². The molecular formula is C29H40O7. The topological polar surface area (TPSA) is 96.0 Å². The molecule has 0 amide bonds. The van der Waals surface area contributed by atoms with Crippen LogP contribution >= 0.6 is 0 Å². The summed E-state index contributed by atoms with van der Waals surface area (Å²) in [6, 6.07) is 0. The van der Waals surface area contributed by atoms with Crippen molar-refractivity contribution in [2.75, 3.05) is 14.2 Å². The van der Waals surface area contributed by atoms with Crippen LogP contribution in [0.4, 0.5) is 0 Å². The molecule has 7 nitrogen and oxygen atoms in total. The van der Waals surface area contributed by atoms with E-state index in [0.29, 0.717) is 37.0 Å². The van der Waals surface area contributed by atoms with Crippen LogP contribution in [-0.2, 0) is 33.4 Å². The highest BCUT2D eigenvalue weighted by atomic mass is 16.5. The third-order valence-electron chi connectivity index (χ3n) is 10.9. The normalized spacial score (nSPS) is 43.0. The van der Waals surface area contributed by atoms with Gasteiger partial charge in [-0.25, -0.2) is 0 Å². The Bertz CT molecular complexity index is 1100. The molecular weight excluding hydrogens is 460 g/mol. The van der Waals surface area contributed by atoms with Crippen molar-refractivity contribution in [1.29, 1.82) is 0 Å². The molecule has 0 spiro atoms. The lowest BCUT2D eigenvalue weighted by molar-refractivity contribution is -0.218. The second-order valence-corrected chi connectivity index (χ2v) is 12.4. The standard InChI is InChI=1S/C29H40O7/c1-16-14-20-26(6,29(24(33)35-9)23(34-8)17(2)22(32)27(16,29)7)12-10-19-25(4,5)21(36-18(3)31)11-13-28(19,20)15-30/h14-15,19-21H,10-13H2,1-9H3. The van der Waals surface area contributed by atoms with E-state index in [4.69, 9.17) is 14.2 Å². The smallest absolute Gasteiger partial charge is 0.321 e. The highest BCUT2D eigenvalue weighted by Crippen LogP contribution is 2.77. The zero-order valence-corrected chi connectivity index (χ0v) is 23.1. The van der Waals surface area contributed by atoms with Gasteiger partial charge in [0, 0.05) is 23.3 Å². The molecule has 0 heterocycles. The molecule has 0 aliphatic heterocycles. The van der Waals surface area contributed by atoms with Gasteiger partial charge in [-0.3, -0.25) is 14.4 Å². The van der Waals surface area contributed by atoms with Crippen LogP contribution in [0.2, 0.25) is 0 Å². The molecule has 4 aliphatic carbocycles. The number of methoxy groups -OCH3 is 2. The van der Waals surface area contributed by atoms with Crippen LogP contribution in [0.5, 0.6) is 0 Å². The van der Waals surface area contributed by atoms with Gasteiger partial charge in [-0.15, -0.1) is 0 Å². The molecule has 0 aromatic heterocycles. The number of ether oxygens (including phenoxy) is 3. The van der Waals surface area contributed by atoms with Crippen molar-refractivity contribution in [2.24, 2.45) is 38.9 Å². The molecule has 0 radical (unpaired) electrons. The van der Waals surface area contributed by atoms with Crippen LogP contribution in [0, 0.1) is 38.9 Å². The van der Waals surface area contributed by atoms with Crippen LogP contribution < -0.4 is 0 Å². The number of esters is 2. The van der Waals surface area contributed by atoms with Crippen LogP contribution in [-0.4, -0.2) is 44.3 Å². The average molecular weight is 501 g/mol. The Balaban J connectivity index is 2.02. The predicted octanol–water partition coefficient (Wildman–Crippen LogP) is 4.58. The van der Waals surface area contributed by atoms with Crippen LogP contribution in [0.25, 0.3) is 0 Å². The summed E-state index contributed by atoms with van der Waals surface area (Å²) >= 11 is 0. The first-order valence-corrected chi connectivity index (χ1v) is 12.9. The second-order valence-electron chi connectivity index (χ2n) is 12.4. The van der Waals surface area contributed by atoms with Gasteiger partial charge in [0.15, 0.2) is 5.78 Å². The molecule has 0 bridgehead atoms. The van der Waals surface area contributed by atoms with Gasteiger partial charge in [0.05, 0.1) is 19.6 Å². The maximum atomic E-state index is 14.0. The fourth-order valence-corrected chi connectivity index (χ4v) is 9.30. The van der Waals surface area contributed by atoms with Gasteiger partial charge in [-0.1, -0.05) is 32.4 Å². The third-order valence-corrected chi connectivity index (χ3v) is 10.9. The molecule has 0 aromatic rings. The van der Waals surface area contributed by atoms with Crippen molar-refractivity contribution < 1.29 is 33.4 Å². The largest absolute Gasteiger partial charge is 0.499 e. The van der Waals surface area contributed by atoms with Gasteiger partial charge in [-0.2, -0.15) is 0 Å². The van der Waals surface area contributed by atoms with Gasteiger partial charge in [0.2, 0.25) is 0 Å². The Morgan fingerprint density at radius 3 is 2.22 bits per heavy atom. The van der Waals surface area contributed by atoms with Gasteiger partial charge in [-0.05, 0) is 63.7 Å². The summed E-state index contributed by atoms with van der Waals surface area (Å²) in [5.41, 5.74) is -3.46. The predicted molar refractivity (Wildman–Crippen MR) is 132 cm³/mol. The lowest BCUT2D eigenvalue weighted by Gasteiger charge is -2.68. The summed E-state index contributed by atoms with van der Waals surface area (Å²) in [7, 11) is 2.85. The molecule has 0 aromatic carbocycles. The molecule has 0 N–H and O–H groups in total. The second kappa shape index (κ2) is 8.03. The minimum absolute atomic E-state index is 0.0741. The molecule has 7 heteroatoms. The van der Waals surface area contributed by atoms with Crippen molar-refractivity contribution in [3.8, 4) is 0 Å². The number of fused-ring (bicyclic) bond motifs is 5. The van der Waals surface area contributed by atoms with Crippen molar-refractivity contribution >= 4 is 24.0 Å². The lowest BCUT2D eigenvalue weighted by Crippen LogP contribution is -2.70. The molecule has 7 unspecified atom stereocenters. The van der Waals surface area contributed by atoms with E-state index in [9.17, 15) is 19.2 Å². The summed E-state index contributed by atoms with van der Waals surface area (Å²) in [5.74, 6) is -1.02. The van der Waals surface area contributed by atoms with Gasteiger partial charge in [0.25, 0.3) is 0 Å². The Morgan fingerprint density at radius 2 is 1.69 bits per heavy atom. The van der Waals surface area contributed by atoms with E-state index in [1.54, 1.807) is 6.92 Å². The maximum Gasteiger partial charge on any atom is 0.321 e. The summed E-state index contributed by atoms with van der Waals surface area (Å²) in [5, 5.41) is 0. The Hall–Kier alpha value is -2.44. The van der Waals surface area contributed by atoms with Gasteiger partial charge in [0.1, 0.15) is 23.6 Å². The lowest BCUT2D eigenvalue weighted by atomic mass is 9.33. The number of ketones is 1. The third kappa shape index (κ3) is 2.70. The zero-order valence-electron chi connectivity index (χ0n) is 23.1. The number of hydrogen-bond donors (Lipinski definition) is 0. The zero-order chi connectivity index (χ0) is 27.1. The number of Topliss-reactive ketones (excluding diaryl/α,β-unsaturated/α-hetero) is 1. The molecule has 198 valence electrons. The fraction of sp³-hybridized carbons (Fsp3) is 0.724. The minimum atomic E-state index is -1.40. The highest BCUT2D eigenvalue weighted by molar-refractivity contribution is 6.11. The number of allylic oxidation sites excluding steroid dienone is 3. The maximum absolute atomic E-state index is 14.0. The Labute approximate surface area is 214 Å². The van der Waals surface area contributed by atoms with Gasteiger partial charge >= 0.3 is 11.9 Å². The fourth-order valence-electron chi connectivity index (χ4n) is 9.30. The minimum Gasteiger partial charge on any atom is -0.499 e. The van der Waals surface area contributed by atoms with E-state index < -0.39 is 33.0 Å². The summed E-state index contributed by atoms with van der Waals surface area (Å²) in [4.78, 5) is 53.0. The van der Waals surface area contributed by atoms with E-state index in [1.807, 2.05) is 20.8 Å². The molecule has 36 heavy (non-hydrogen) atoms. The molecule has 2 fully saturated rings. The van der Waals surface area contributed by atoms with E-state index >= 15 is 0 Å². The van der Waals surface area contributed by atoms with Crippen LogP contribution in [0.15, 0.2) is 23.0 Å². The van der Waals surface area contributed by atoms with E-state index in [-0.39, 0.29) is 29.7 Å². The Kier molecular flexibility index (Phi) is 5.94. The highest BCUT2D eigenvalue weighted by Gasteiger charge is 2.80. The van der Waals surface area contributed by atoms with E-state index in [1.165, 1.54) is 21.1 Å². The summed E-state index contributed by atoms with van der Waals surface area (Å²) in [6.07, 6.45) is 5.18. The summed E-state index contributed by atoms with van der Waals surface area (Å²) in [6.45, 7) is 13.0. The number of carbonyl (C=O) groups excluding carboxylic acids is 4. The van der Waals surface area contributed by atoms with Crippen molar-refractivity contribution in [2.45, 2.75) is 80.3 Å². The van der Waals surface area contributed by atoms with Crippen molar-refractivity contribution in [3.05, 3.63) is 23.0 Å². The molecule has 0 saturated heterocycles. The molecule has 7 atom stereocenters. The molecule has 2 saturated carbocycles. The molecule has 4 rings (SSSR count). The molecule has 4 aliphatic rings. The summed E-state index contributed by atoms with van der Waals surface area (Å²) < 4.78 is 17.1. The monoisotopic (exact) mass is 500 g/mol. The number of rotatable bonds is 4. The van der Waals surface area contributed by atoms with Crippen LogP contribution in [0.3, 0.4) is 0 Å².